The van der Waals surface area contributed by atoms with E-state index >= 15 is 0 Å². The van der Waals surface area contributed by atoms with E-state index in [2.05, 4.69) is 10.5 Å². The van der Waals surface area contributed by atoms with Crippen molar-refractivity contribution in [1.82, 2.24) is 5.43 Å². The molecule has 2 atom stereocenters. The minimum atomic E-state index is -1.23. The van der Waals surface area contributed by atoms with Crippen LogP contribution in [0.1, 0.15) is 39.2 Å². The molecular formula is C17H20N2O5. The van der Waals surface area contributed by atoms with Gasteiger partial charge in [-0.15, -0.1) is 0 Å². The van der Waals surface area contributed by atoms with Crippen LogP contribution in [0.15, 0.2) is 23.3 Å². The summed E-state index contributed by atoms with van der Waals surface area (Å²) in [4.78, 5) is 24.8. The number of rotatable bonds is 3. The van der Waals surface area contributed by atoms with E-state index in [1.165, 1.54) is 24.4 Å². The summed E-state index contributed by atoms with van der Waals surface area (Å²) in [5.74, 6) is -1.06. The maximum Gasteiger partial charge on any atom is 0.313 e. The number of carbonyl (C=O) groups is 2. The third-order valence-corrected chi connectivity index (χ3v) is 5.83. The van der Waals surface area contributed by atoms with Gasteiger partial charge in [-0.1, -0.05) is 13.8 Å². The van der Waals surface area contributed by atoms with Crippen LogP contribution in [0.4, 0.5) is 0 Å². The lowest BCUT2D eigenvalue weighted by molar-refractivity contribution is -0.168. The van der Waals surface area contributed by atoms with Crippen LogP contribution in [0.25, 0.3) is 0 Å². The summed E-state index contributed by atoms with van der Waals surface area (Å²) in [5.41, 5.74) is 0.196. The van der Waals surface area contributed by atoms with Crippen LogP contribution in [0.5, 0.6) is 11.5 Å². The average Bonchev–Trinajstić information content (AvgIpc) is 2.79. The van der Waals surface area contributed by atoms with E-state index in [0.29, 0.717) is 18.4 Å². The van der Waals surface area contributed by atoms with Crippen LogP contribution in [0, 0.1) is 10.8 Å². The minimum Gasteiger partial charge on any atom is -0.508 e. The number of phenolic OH excluding ortho intramolecular Hbond substituents is 2. The first-order valence-corrected chi connectivity index (χ1v) is 7.73. The summed E-state index contributed by atoms with van der Waals surface area (Å²) in [6, 6.07) is 4.03. The molecule has 1 saturated carbocycles. The Labute approximate surface area is 139 Å². The van der Waals surface area contributed by atoms with Gasteiger partial charge in [-0.3, -0.25) is 9.59 Å². The molecule has 1 aliphatic heterocycles. The molecule has 7 heteroatoms. The van der Waals surface area contributed by atoms with E-state index in [1.807, 2.05) is 20.8 Å². The number of benzene rings is 1. The van der Waals surface area contributed by atoms with Crippen molar-refractivity contribution in [3.63, 3.8) is 0 Å². The monoisotopic (exact) mass is 332 g/mol. The Balaban J connectivity index is 1.79. The number of fused-ring (bicyclic) bond motifs is 2. The molecule has 128 valence electrons. The van der Waals surface area contributed by atoms with E-state index in [1.54, 1.807) is 0 Å². The molecule has 1 heterocycles. The minimum absolute atomic E-state index is 0.0718. The highest BCUT2D eigenvalue weighted by Crippen LogP contribution is 2.65. The van der Waals surface area contributed by atoms with Crippen LogP contribution in [0.3, 0.4) is 0 Å². The van der Waals surface area contributed by atoms with Gasteiger partial charge >= 0.3 is 5.97 Å². The molecule has 7 nitrogen and oxygen atoms in total. The van der Waals surface area contributed by atoms with Gasteiger partial charge in [-0.2, -0.15) is 5.10 Å². The predicted octanol–water partition coefficient (Wildman–Crippen LogP) is 1.67. The molecule has 1 aromatic carbocycles. The van der Waals surface area contributed by atoms with Gasteiger partial charge in [-0.05, 0) is 31.9 Å². The number of aromatic hydroxyl groups is 2. The van der Waals surface area contributed by atoms with E-state index in [4.69, 9.17) is 4.74 Å². The van der Waals surface area contributed by atoms with Crippen molar-refractivity contribution in [2.24, 2.45) is 15.9 Å². The molecular weight excluding hydrogens is 312 g/mol. The van der Waals surface area contributed by atoms with E-state index < -0.39 is 22.3 Å². The second-order valence-corrected chi connectivity index (χ2v) is 7.12. The number of nitrogens with one attached hydrogen (secondary N) is 1. The lowest BCUT2D eigenvalue weighted by Gasteiger charge is -2.34. The third-order valence-electron chi connectivity index (χ3n) is 5.83. The number of esters is 1. The molecule has 0 unspecified atom stereocenters. The Kier molecular flexibility index (Phi) is 3.37. The van der Waals surface area contributed by atoms with Gasteiger partial charge in [-0.25, -0.2) is 5.43 Å². The maximum atomic E-state index is 12.7. The Morgan fingerprint density at radius 1 is 1.29 bits per heavy atom. The molecule has 0 aromatic heterocycles. The smallest absolute Gasteiger partial charge is 0.313 e. The first-order chi connectivity index (χ1) is 11.1. The number of ether oxygens (including phenoxy) is 1. The van der Waals surface area contributed by atoms with Gasteiger partial charge in [0.05, 0.1) is 11.6 Å². The van der Waals surface area contributed by atoms with E-state index in [0.717, 1.165) is 0 Å². The number of hydrogen-bond acceptors (Lipinski definition) is 6. The van der Waals surface area contributed by atoms with Crippen LogP contribution in [0.2, 0.25) is 0 Å². The van der Waals surface area contributed by atoms with E-state index in [9.17, 15) is 19.8 Å². The highest BCUT2D eigenvalue weighted by atomic mass is 16.6. The normalized spacial score (nSPS) is 30.5. The van der Waals surface area contributed by atoms with Crippen LogP contribution < -0.4 is 5.43 Å². The molecule has 24 heavy (non-hydrogen) atoms. The fraction of sp³-hybridized carbons (Fsp3) is 0.471. The number of carbonyl (C=O) groups excluding carboxylic acids is 2. The van der Waals surface area contributed by atoms with Crippen molar-refractivity contribution in [2.45, 2.75) is 39.2 Å². The zero-order chi connectivity index (χ0) is 17.8. The van der Waals surface area contributed by atoms with Gasteiger partial charge < -0.3 is 14.9 Å². The van der Waals surface area contributed by atoms with Gasteiger partial charge in [0.15, 0.2) is 5.60 Å². The third kappa shape index (κ3) is 1.93. The zero-order valence-electron chi connectivity index (χ0n) is 13.8. The molecule has 1 amide bonds. The summed E-state index contributed by atoms with van der Waals surface area (Å²) >= 11 is 0. The van der Waals surface area contributed by atoms with Crippen LogP contribution >= 0.6 is 0 Å². The van der Waals surface area contributed by atoms with E-state index in [-0.39, 0.29) is 17.5 Å². The second-order valence-electron chi connectivity index (χ2n) is 7.12. The summed E-state index contributed by atoms with van der Waals surface area (Å²) in [5, 5.41) is 22.8. The van der Waals surface area contributed by atoms with Crippen molar-refractivity contribution in [1.29, 1.82) is 0 Å². The summed E-state index contributed by atoms with van der Waals surface area (Å²) in [6.45, 7) is 5.55. The van der Waals surface area contributed by atoms with Crippen LogP contribution in [-0.2, 0) is 14.3 Å². The topological polar surface area (TPSA) is 108 Å². The fourth-order valence-corrected chi connectivity index (χ4v) is 3.64. The molecule has 1 aromatic rings. The first-order valence-electron chi connectivity index (χ1n) is 7.73. The Morgan fingerprint density at radius 3 is 2.54 bits per heavy atom. The number of phenols is 2. The van der Waals surface area contributed by atoms with Gasteiger partial charge in [0.1, 0.15) is 11.5 Å². The lowest BCUT2D eigenvalue weighted by atomic mass is 9.66. The molecule has 0 spiro atoms. The van der Waals surface area contributed by atoms with Crippen molar-refractivity contribution in [2.75, 3.05) is 0 Å². The van der Waals surface area contributed by atoms with Crippen molar-refractivity contribution >= 4 is 18.1 Å². The Morgan fingerprint density at radius 2 is 2.00 bits per heavy atom. The highest BCUT2D eigenvalue weighted by molar-refractivity contribution is 5.96. The number of amides is 1. The van der Waals surface area contributed by atoms with Gasteiger partial charge in [0, 0.05) is 17.0 Å². The SMILES string of the molecule is CC1(C)[C@@]2(C(=O)N/N=C\c3ccc(O)cc3O)CC[C@]1(C)C(=O)O2. The molecule has 3 rings (SSSR count). The molecule has 1 aliphatic carbocycles. The standard InChI is InChI=1S/C17H20N2O5/c1-15(2)16(3)6-7-17(15,24-14(16)23)13(22)19-18-9-10-4-5-11(20)8-12(10)21/h4-5,8-9,20-21H,6-7H2,1-3H3,(H,19,22)/b18-9-/t16-,17+/m1/s1. The molecule has 2 aliphatic rings. The highest BCUT2D eigenvalue weighted by Gasteiger charge is 2.75. The summed E-state index contributed by atoms with van der Waals surface area (Å²) in [6.07, 6.45) is 2.31. The van der Waals surface area contributed by atoms with Crippen molar-refractivity contribution < 1.29 is 24.5 Å². The summed E-state index contributed by atoms with van der Waals surface area (Å²) in [7, 11) is 0. The Bertz CT molecular complexity index is 757. The number of hydrazone groups is 1. The number of hydrogen-bond donors (Lipinski definition) is 3. The largest absolute Gasteiger partial charge is 0.508 e. The second kappa shape index (κ2) is 4.96. The maximum absolute atomic E-state index is 12.7. The lowest BCUT2D eigenvalue weighted by Crippen LogP contribution is -2.52. The average molecular weight is 332 g/mol. The Hall–Kier alpha value is -2.57. The summed E-state index contributed by atoms with van der Waals surface area (Å²) < 4.78 is 5.46. The quantitative estimate of drug-likeness (QED) is 0.443. The predicted molar refractivity (Wildman–Crippen MR) is 85.5 cm³/mol. The number of nitrogens with zero attached hydrogens (tertiary/aromatic N) is 1. The van der Waals surface area contributed by atoms with Gasteiger partial charge in [0.2, 0.25) is 0 Å². The van der Waals surface area contributed by atoms with Crippen LogP contribution in [-0.4, -0.2) is 33.9 Å². The molecule has 1 saturated heterocycles. The zero-order valence-corrected chi connectivity index (χ0v) is 13.8. The molecule has 2 fully saturated rings. The first kappa shape index (κ1) is 16.3. The van der Waals surface area contributed by atoms with Crippen molar-refractivity contribution in [3.05, 3.63) is 23.8 Å². The van der Waals surface area contributed by atoms with Gasteiger partial charge in [0.25, 0.3) is 5.91 Å². The fourth-order valence-electron chi connectivity index (χ4n) is 3.64. The van der Waals surface area contributed by atoms with Crippen molar-refractivity contribution in [3.8, 4) is 11.5 Å². The molecule has 2 bridgehead atoms. The molecule has 0 radical (unpaired) electrons. The molecule has 3 N–H and O–H groups in total.